The van der Waals surface area contributed by atoms with Crippen LogP contribution in [0.1, 0.15) is 11.3 Å². The lowest BCUT2D eigenvalue weighted by Gasteiger charge is -2.15. The average Bonchev–Trinajstić information content (AvgIpc) is 3.08. The van der Waals surface area contributed by atoms with Crippen LogP contribution < -0.4 is 5.32 Å². The van der Waals surface area contributed by atoms with Crippen LogP contribution in [-0.2, 0) is 25.5 Å². The van der Waals surface area contributed by atoms with Crippen molar-refractivity contribution in [2.75, 3.05) is 27.2 Å². The molecule has 2 amide bonds. The van der Waals surface area contributed by atoms with Crippen LogP contribution in [0.5, 0.6) is 0 Å². The number of nitrogens with zero attached hydrogens (tertiary/aromatic N) is 2. The highest BCUT2D eigenvalue weighted by Crippen LogP contribution is 2.24. The van der Waals surface area contributed by atoms with Crippen LogP contribution in [0.2, 0.25) is 0 Å². The molecule has 0 aliphatic rings. The highest BCUT2D eigenvalue weighted by molar-refractivity contribution is 7.13. The van der Waals surface area contributed by atoms with E-state index in [4.69, 9.17) is 4.74 Å². The molecule has 7 nitrogen and oxygen atoms in total. The number of carbonyl (C=O) groups excluding carboxylic acids is 3. The van der Waals surface area contributed by atoms with E-state index >= 15 is 0 Å². The summed E-state index contributed by atoms with van der Waals surface area (Å²) in [6.07, 6.45) is -0.00516. The van der Waals surface area contributed by atoms with E-state index < -0.39 is 18.5 Å². The first kappa shape index (κ1) is 19.6. The van der Waals surface area contributed by atoms with Crippen molar-refractivity contribution >= 4 is 29.1 Å². The molecule has 8 heteroatoms. The van der Waals surface area contributed by atoms with Crippen molar-refractivity contribution in [1.29, 1.82) is 0 Å². The minimum Gasteiger partial charge on any atom is -0.455 e. The molecule has 0 saturated heterocycles. The SMILES string of the molecule is CNC(=O)CN(C)C(=O)COC(=O)Cc1csc(-c2ccc(C)cc2)n1. The van der Waals surface area contributed by atoms with Crippen LogP contribution in [0.15, 0.2) is 29.6 Å². The molecule has 0 atom stereocenters. The van der Waals surface area contributed by atoms with Crippen LogP contribution in [0.25, 0.3) is 10.6 Å². The Kier molecular flexibility index (Phi) is 6.85. The number of rotatable bonds is 7. The van der Waals surface area contributed by atoms with E-state index in [0.717, 1.165) is 10.6 Å². The monoisotopic (exact) mass is 375 g/mol. The number of esters is 1. The van der Waals surface area contributed by atoms with Gasteiger partial charge in [0.2, 0.25) is 5.91 Å². The first-order chi connectivity index (χ1) is 12.4. The summed E-state index contributed by atoms with van der Waals surface area (Å²) in [5.41, 5.74) is 2.76. The molecule has 2 aromatic rings. The van der Waals surface area contributed by atoms with Gasteiger partial charge in [-0.15, -0.1) is 11.3 Å². The number of nitrogens with one attached hydrogen (secondary N) is 1. The number of hydrogen-bond donors (Lipinski definition) is 1. The van der Waals surface area contributed by atoms with Crippen LogP contribution in [0, 0.1) is 6.92 Å². The highest BCUT2D eigenvalue weighted by Gasteiger charge is 2.15. The molecule has 138 valence electrons. The molecule has 0 bridgehead atoms. The Morgan fingerprint density at radius 2 is 1.92 bits per heavy atom. The topological polar surface area (TPSA) is 88.6 Å². The van der Waals surface area contributed by atoms with Crippen molar-refractivity contribution < 1.29 is 19.1 Å². The second-order valence-electron chi connectivity index (χ2n) is 5.77. The molecule has 0 fully saturated rings. The maximum Gasteiger partial charge on any atom is 0.312 e. The minimum atomic E-state index is -0.535. The van der Waals surface area contributed by atoms with E-state index in [1.807, 2.05) is 31.2 Å². The van der Waals surface area contributed by atoms with Gasteiger partial charge < -0.3 is 15.0 Å². The molecular weight excluding hydrogens is 354 g/mol. The van der Waals surface area contributed by atoms with E-state index in [1.54, 1.807) is 5.38 Å². The molecule has 26 heavy (non-hydrogen) atoms. The molecule has 0 aliphatic carbocycles. The number of carbonyl (C=O) groups is 3. The largest absolute Gasteiger partial charge is 0.455 e. The van der Waals surface area contributed by atoms with E-state index in [9.17, 15) is 14.4 Å². The number of aromatic nitrogens is 1. The fraction of sp³-hybridized carbons (Fsp3) is 0.333. The van der Waals surface area contributed by atoms with Gasteiger partial charge in [-0.2, -0.15) is 0 Å². The number of ether oxygens (including phenoxy) is 1. The van der Waals surface area contributed by atoms with Crippen molar-refractivity contribution in [3.8, 4) is 10.6 Å². The van der Waals surface area contributed by atoms with E-state index in [0.29, 0.717) is 5.69 Å². The van der Waals surface area contributed by atoms with Crippen molar-refractivity contribution in [3.63, 3.8) is 0 Å². The standard InChI is InChI=1S/C18H21N3O4S/c1-12-4-6-13(7-5-12)18-20-14(11-26-18)8-17(24)25-10-16(23)21(3)9-15(22)19-2/h4-7,11H,8-10H2,1-3H3,(H,19,22). The predicted octanol–water partition coefficient (Wildman–Crippen LogP) is 1.41. The predicted molar refractivity (Wildman–Crippen MR) is 98.7 cm³/mol. The lowest BCUT2D eigenvalue weighted by Crippen LogP contribution is -2.39. The van der Waals surface area contributed by atoms with Gasteiger partial charge in [-0.3, -0.25) is 14.4 Å². The molecule has 1 N–H and O–H groups in total. The molecule has 0 spiro atoms. The lowest BCUT2D eigenvalue weighted by atomic mass is 10.2. The Labute approximate surface area is 156 Å². The van der Waals surface area contributed by atoms with Crippen LogP contribution in [0.3, 0.4) is 0 Å². The summed E-state index contributed by atoms with van der Waals surface area (Å²) in [5.74, 6) is -1.27. The van der Waals surface area contributed by atoms with Gasteiger partial charge in [-0.05, 0) is 6.92 Å². The molecule has 0 aliphatic heterocycles. The average molecular weight is 375 g/mol. The summed E-state index contributed by atoms with van der Waals surface area (Å²) in [5, 5.41) is 5.05. The second kappa shape index (κ2) is 9.10. The number of hydrogen-bond acceptors (Lipinski definition) is 6. The second-order valence-corrected chi connectivity index (χ2v) is 6.63. The summed E-state index contributed by atoms with van der Waals surface area (Å²) in [4.78, 5) is 40.6. The maximum absolute atomic E-state index is 11.9. The first-order valence-corrected chi connectivity index (χ1v) is 8.88. The fourth-order valence-corrected chi connectivity index (χ4v) is 2.88. The zero-order valence-electron chi connectivity index (χ0n) is 14.9. The van der Waals surface area contributed by atoms with Gasteiger partial charge in [-0.25, -0.2) is 4.98 Å². The molecule has 0 unspecified atom stereocenters. The Morgan fingerprint density at radius 3 is 2.58 bits per heavy atom. The van der Waals surface area contributed by atoms with E-state index in [-0.39, 0.29) is 18.9 Å². The van der Waals surface area contributed by atoms with Gasteiger partial charge in [0.25, 0.3) is 5.91 Å². The van der Waals surface area contributed by atoms with Gasteiger partial charge >= 0.3 is 5.97 Å². The normalized spacial score (nSPS) is 10.3. The summed E-state index contributed by atoms with van der Waals surface area (Å²) < 4.78 is 4.98. The van der Waals surface area contributed by atoms with Gasteiger partial charge in [-0.1, -0.05) is 29.8 Å². The third kappa shape index (κ3) is 5.66. The van der Waals surface area contributed by atoms with Gasteiger partial charge in [0, 0.05) is 25.0 Å². The third-order valence-electron chi connectivity index (χ3n) is 3.62. The van der Waals surface area contributed by atoms with Crippen molar-refractivity contribution in [2.45, 2.75) is 13.3 Å². The summed E-state index contributed by atoms with van der Waals surface area (Å²) in [6.45, 7) is 1.53. The third-order valence-corrected chi connectivity index (χ3v) is 4.56. The van der Waals surface area contributed by atoms with Crippen LogP contribution >= 0.6 is 11.3 Å². The quantitative estimate of drug-likeness (QED) is 0.739. The molecule has 2 rings (SSSR count). The van der Waals surface area contributed by atoms with Crippen LogP contribution in [-0.4, -0.2) is 54.9 Å². The molecule has 1 aromatic heterocycles. The molecule has 1 aromatic carbocycles. The Balaban J connectivity index is 1.84. The number of likely N-dealkylation sites (N-methyl/N-ethyl adjacent to an activating group) is 2. The zero-order chi connectivity index (χ0) is 19.1. The number of aryl methyl sites for hydroxylation is 1. The lowest BCUT2D eigenvalue weighted by molar-refractivity contribution is -0.151. The van der Waals surface area contributed by atoms with E-state index in [2.05, 4.69) is 10.3 Å². The summed E-state index contributed by atoms with van der Waals surface area (Å²) >= 11 is 1.45. The Morgan fingerprint density at radius 1 is 1.23 bits per heavy atom. The van der Waals surface area contributed by atoms with Crippen molar-refractivity contribution in [2.24, 2.45) is 0 Å². The zero-order valence-corrected chi connectivity index (χ0v) is 15.8. The van der Waals surface area contributed by atoms with Crippen LogP contribution in [0.4, 0.5) is 0 Å². The summed E-state index contributed by atoms with van der Waals surface area (Å²) in [7, 11) is 2.96. The van der Waals surface area contributed by atoms with Gasteiger partial charge in [0.15, 0.2) is 6.61 Å². The number of benzene rings is 1. The fourth-order valence-electron chi connectivity index (χ4n) is 2.05. The number of thiazole rings is 1. The smallest absolute Gasteiger partial charge is 0.312 e. The van der Waals surface area contributed by atoms with Crippen molar-refractivity contribution in [3.05, 3.63) is 40.9 Å². The van der Waals surface area contributed by atoms with Crippen molar-refractivity contribution in [1.82, 2.24) is 15.2 Å². The molecule has 0 saturated carbocycles. The minimum absolute atomic E-state index is 0.00516. The Hall–Kier alpha value is -2.74. The maximum atomic E-state index is 11.9. The van der Waals surface area contributed by atoms with E-state index in [1.165, 1.54) is 35.9 Å². The Bertz CT molecular complexity index is 786. The number of amides is 2. The highest BCUT2D eigenvalue weighted by atomic mass is 32.1. The molecular formula is C18H21N3O4S. The molecule has 0 radical (unpaired) electrons. The van der Waals surface area contributed by atoms with Gasteiger partial charge in [0.05, 0.1) is 18.7 Å². The van der Waals surface area contributed by atoms with Gasteiger partial charge in [0.1, 0.15) is 5.01 Å². The first-order valence-electron chi connectivity index (χ1n) is 8.00. The summed E-state index contributed by atoms with van der Waals surface area (Å²) in [6, 6.07) is 7.98. The molecule has 1 heterocycles.